The summed E-state index contributed by atoms with van der Waals surface area (Å²) in [4.78, 5) is 0. The number of nitrogens with zero attached hydrogens (tertiary/aromatic N) is 3. The highest BCUT2D eigenvalue weighted by Gasteiger charge is 2.27. The van der Waals surface area contributed by atoms with Crippen molar-refractivity contribution in [2.24, 2.45) is 12.9 Å². The molecule has 1 rings (SSSR count). The lowest BCUT2D eigenvalue weighted by Crippen LogP contribution is -2.39. The lowest BCUT2D eigenvalue weighted by atomic mass is 10.0. The summed E-state index contributed by atoms with van der Waals surface area (Å²) in [7, 11) is 3.51. The van der Waals surface area contributed by atoms with Crippen molar-refractivity contribution < 1.29 is 4.74 Å². The second-order valence-corrected chi connectivity index (χ2v) is 4.35. The second-order valence-electron chi connectivity index (χ2n) is 3.60. The number of ether oxygens (including phenoxy) is 1. The number of hydrogen-bond donors (Lipinski definition) is 2. The summed E-state index contributed by atoms with van der Waals surface area (Å²) >= 11 is 3.36. The first kappa shape index (κ1) is 13.6. The van der Waals surface area contributed by atoms with Gasteiger partial charge in [0.05, 0.1) is 17.8 Å². The van der Waals surface area contributed by atoms with Gasteiger partial charge in [0.1, 0.15) is 0 Å². The monoisotopic (exact) mass is 291 g/mol. The maximum atomic E-state index is 5.59. The van der Waals surface area contributed by atoms with Crippen LogP contribution in [0.1, 0.15) is 31.5 Å². The second kappa shape index (κ2) is 6.29. The summed E-state index contributed by atoms with van der Waals surface area (Å²) in [6, 6.07) is -0.126. The Morgan fingerprint density at radius 2 is 2.31 bits per heavy atom. The molecule has 0 saturated heterocycles. The number of hydrazine groups is 1. The van der Waals surface area contributed by atoms with E-state index in [1.807, 2.05) is 7.05 Å². The fraction of sp³-hybridized carbons (Fsp3) is 0.778. The van der Waals surface area contributed by atoms with Crippen molar-refractivity contribution in [1.29, 1.82) is 0 Å². The van der Waals surface area contributed by atoms with Gasteiger partial charge in [-0.05, 0) is 22.4 Å². The number of rotatable bonds is 6. The van der Waals surface area contributed by atoms with E-state index in [-0.39, 0.29) is 12.1 Å². The molecule has 3 N–H and O–H groups in total. The van der Waals surface area contributed by atoms with Crippen molar-refractivity contribution in [3.8, 4) is 0 Å². The van der Waals surface area contributed by atoms with Crippen LogP contribution in [-0.2, 0) is 11.8 Å². The van der Waals surface area contributed by atoms with E-state index >= 15 is 0 Å². The zero-order chi connectivity index (χ0) is 12.1. The molecule has 1 aromatic heterocycles. The van der Waals surface area contributed by atoms with Gasteiger partial charge in [0, 0.05) is 14.2 Å². The van der Waals surface area contributed by atoms with Crippen LogP contribution in [0.3, 0.4) is 0 Å². The zero-order valence-electron chi connectivity index (χ0n) is 9.77. The summed E-state index contributed by atoms with van der Waals surface area (Å²) < 4.78 is 7.83. The Morgan fingerprint density at radius 3 is 2.69 bits per heavy atom. The van der Waals surface area contributed by atoms with Crippen LogP contribution < -0.4 is 11.3 Å². The Bertz CT molecular complexity index is 310. The summed E-state index contributed by atoms with van der Waals surface area (Å²) in [5.74, 6) is 5.59. The van der Waals surface area contributed by atoms with E-state index in [4.69, 9.17) is 10.6 Å². The van der Waals surface area contributed by atoms with Gasteiger partial charge in [-0.1, -0.05) is 18.6 Å². The van der Waals surface area contributed by atoms with E-state index in [2.05, 4.69) is 38.6 Å². The number of nitrogens with two attached hydrogens (primary N) is 1. The maximum Gasteiger partial charge on any atom is 0.153 e. The summed E-state index contributed by atoms with van der Waals surface area (Å²) in [6.07, 6.45) is 1.95. The average Bonchev–Trinajstić information content (AvgIpc) is 2.60. The van der Waals surface area contributed by atoms with Gasteiger partial charge in [-0.3, -0.25) is 5.84 Å². The SMILES string of the molecule is CCCC(OC)C(NN)c1c(Br)nnn1C. The van der Waals surface area contributed by atoms with Crippen molar-refractivity contribution >= 4 is 15.9 Å². The molecule has 1 heterocycles. The van der Waals surface area contributed by atoms with Crippen LogP contribution in [0, 0.1) is 0 Å². The Kier molecular flexibility index (Phi) is 5.33. The summed E-state index contributed by atoms with van der Waals surface area (Å²) in [6.45, 7) is 2.11. The third kappa shape index (κ3) is 2.79. The van der Waals surface area contributed by atoms with Crippen LogP contribution in [0.2, 0.25) is 0 Å². The predicted octanol–water partition coefficient (Wildman–Crippen LogP) is 0.897. The van der Waals surface area contributed by atoms with Gasteiger partial charge in [-0.2, -0.15) is 0 Å². The lowest BCUT2D eigenvalue weighted by molar-refractivity contribution is 0.0579. The molecule has 0 amide bonds. The molecule has 0 aliphatic rings. The highest BCUT2D eigenvalue weighted by Crippen LogP contribution is 2.26. The molecule has 6 nitrogen and oxygen atoms in total. The van der Waals surface area contributed by atoms with E-state index in [1.54, 1.807) is 11.8 Å². The van der Waals surface area contributed by atoms with E-state index in [0.717, 1.165) is 18.5 Å². The standard InChI is InChI=1S/C9H18BrN5O/c1-4-5-6(16-3)7(12-11)8-9(10)13-14-15(8)2/h6-7,12H,4-5,11H2,1-3H3. The highest BCUT2D eigenvalue weighted by molar-refractivity contribution is 9.10. The number of halogens is 1. The van der Waals surface area contributed by atoms with Gasteiger partial charge in [-0.25, -0.2) is 10.1 Å². The van der Waals surface area contributed by atoms with Crippen molar-refractivity contribution in [2.75, 3.05) is 7.11 Å². The largest absolute Gasteiger partial charge is 0.379 e. The van der Waals surface area contributed by atoms with E-state index in [0.29, 0.717) is 4.60 Å². The fourth-order valence-electron chi connectivity index (χ4n) is 1.74. The zero-order valence-corrected chi connectivity index (χ0v) is 11.4. The van der Waals surface area contributed by atoms with Crippen LogP contribution in [0.5, 0.6) is 0 Å². The Hall–Kier alpha value is -0.500. The number of aryl methyl sites for hydroxylation is 1. The molecule has 2 unspecified atom stereocenters. The summed E-state index contributed by atoms with van der Waals surface area (Å²) in [5.41, 5.74) is 3.66. The number of methoxy groups -OCH3 is 1. The topological polar surface area (TPSA) is 78.0 Å². The Balaban J connectivity index is 2.96. The van der Waals surface area contributed by atoms with Crippen molar-refractivity contribution in [3.05, 3.63) is 10.3 Å². The quantitative estimate of drug-likeness (QED) is 0.601. The molecule has 0 aliphatic carbocycles. The van der Waals surface area contributed by atoms with Gasteiger partial charge in [0.15, 0.2) is 4.60 Å². The molecule has 92 valence electrons. The minimum absolute atomic E-state index is 0.00324. The van der Waals surface area contributed by atoms with Gasteiger partial charge in [0.2, 0.25) is 0 Å². The van der Waals surface area contributed by atoms with Crippen LogP contribution in [0.15, 0.2) is 4.60 Å². The lowest BCUT2D eigenvalue weighted by Gasteiger charge is -2.25. The highest BCUT2D eigenvalue weighted by atomic mass is 79.9. The molecule has 0 aromatic carbocycles. The first-order chi connectivity index (χ1) is 7.65. The minimum Gasteiger partial charge on any atom is -0.379 e. The van der Waals surface area contributed by atoms with Crippen LogP contribution in [0.25, 0.3) is 0 Å². The van der Waals surface area contributed by atoms with Crippen LogP contribution in [0.4, 0.5) is 0 Å². The Morgan fingerprint density at radius 1 is 1.62 bits per heavy atom. The number of nitrogens with one attached hydrogen (secondary N) is 1. The first-order valence-corrected chi connectivity index (χ1v) is 5.99. The molecule has 0 bridgehead atoms. The molecule has 0 saturated carbocycles. The van der Waals surface area contributed by atoms with Crippen molar-refractivity contribution in [3.63, 3.8) is 0 Å². The molecule has 2 atom stereocenters. The molecule has 0 fully saturated rings. The van der Waals surface area contributed by atoms with Crippen LogP contribution in [-0.4, -0.2) is 28.2 Å². The minimum atomic E-state index is -0.126. The maximum absolute atomic E-state index is 5.59. The molecule has 7 heteroatoms. The van der Waals surface area contributed by atoms with Crippen LogP contribution >= 0.6 is 15.9 Å². The fourth-order valence-corrected chi connectivity index (χ4v) is 2.31. The van der Waals surface area contributed by atoms with Gasteiger partial charge >= 0.3 is 0 Å². The molecular weight excluding hydrogens is 274 g/mol. The number of hydrogen-bond acceptors (Lipinski definition) is 5. The molecule has 1 aromatic rings. The predicted molar refractivity (Wildman–Crippen MR) is 64.5 cm³/mol. The van der Waals surface area contributed by atoms with E-state index in [9.17, 15) is 0 Å². The molecular formula is C9H18BrN5O. The smallest absolute Gasteiger partial charge is 0.153 e. The van der Waals surface area contributed by atoms with Gasteiger partial charge in [-0.15, -0.1) is 5.10 Å². The van der Waals surface area contributed by atoms with E-state index < -0.39 is 0 Å². The van der Waals surface area contributed by atoms with Crippen molar-refractivity contribution in [1.82, 2.24) is 20.4 Å². The molecule has 0 aliphatic heterocycles. The number of aromatic nitrogens is 3. The van der Waals surface area contributed by atoms with Crippen molar-refractivity contribution in [2.45, 2.75) is 31.9 Å². The van der Waals surface area contributed by atoms with E-state index in [1.165, 1.54) is 0 Å². The summed E-state index contributed by atoms with van der Waals surface area (Å²) in [5, 5.41) is 7.87. The van der Waals surface area contributed by atoms with Gasteiger partial charge in [0.25, 0.3) is 0 Å². The first-order valence-electron chi connectivity index (χ1n) is 5.19. The van der Waals surface area contributed by atoms with Gasteiger partial charge < -0.3 is 4.74 Å². The average molecular weight is 292 g/mol. The third-order valence-electron chi connectivity index (χ3n) is 2.55. The molecule has 16 heavy (non-hydrogen) atoms. The normalized spacial score (nSPS) is 15.1. The molecule has 0 spiro atoms. The molecule has 0 radical (unpaired) electrons. The third-order valence-corrected chi connectivity index (χ3v) is 3.11. The Labute approximate surface area is 104 Å².